The largest absolute Gasteiger partial charge is 0.310 e. The molecule has 2 heteroatoms. The first-order valence-corrected chi connectivity index (χ1v) is 14.4. The summed E-state index contributed by atoms with van der Waals surface area (Å²) in [7, 11) is 0. The molecule has 0 aromatic heterocycles. The third kappa shape index (κ3) is 4.34. The maximum atomic E-state index is 3.74. The van der Waals surface area contributed by atoms with Gasteiger partial charge in [-0.15, -0.1) is 0 Å². The normalized spacial score (nSPS) is 20.8. The second kappa shape index (κ2) is 8.48. The van der Waals surface area contributed by atoms with E-state index in [0.717, 1.165) is 4.47 Å². The average Bonchev–Trinajstić information content (AvgIpc) is 2.80. The highest BCUT2D eigenvalue weighted by Crippen LogP contribution is 2.50. The Bertz CT molecular complexity index is 1230. The van der Waals surface area contributed by atoms with E-state index in [0.29, 0.717) is 0 Å². The zero-order chi connectivity index (χ0) is 26.1. The summed E-state index contributed by atoms with van der Waals surface area (Å²) < 4.78 is 1.10. The van der Waals surface area contributed by atoms with E-state index in [9.17, 15) is 0 Å². The van der Waals surface area contributed by atoms with Gasteiger partial charge in [-0.05, 0) is 112 Å². The molecule has 0 N–H and O–H groups in total. The number of nitrogens with zero attached hydrogens (tertiary/aromatic N) is 1. The summed E-state index contributed by atoms with van der Waals surface area (Å²) >= 11 is 3.74. The van der Waals surface area contributed by atoms with Crippen LogP contribution in [0.4, 0.5) is 17.1 Å². The Labute approximate surface area is 227 Å². The van der Waals surface area contributed by atoms with E-state index in [1.165, 1.54) is 65.0 Å². The van der Waals surface area contributed by atoms with E-state index in [-0.39, 0.29) is 21.7 Å². The van der Waals surface area contributed by atoms with Crippen LogP contribution in [0.15, 0.2) is 65.1 Å². The molecule has 0 saturated carbocycles. The first kappa shape index (κ1) is 25.6. The third-order valence-electron chi connectivity index (χ3n) is 9.26. The Balaban J connectivity index is 1.73. The Morgan fingerprint density at radius 1 is 0.500 bits per heavy atom. The second-order valence-electron chi connectivity index (χ2n) is 13.8. The van der Waals surface area contributed by atoms with Crippen molar-refractivity contribution >= 4 is 33.0 Å². The van der Waals surface area contributed by atoms with E-state index in [2.05, 4.69) is 137 Å². The first-order chi connectivity index (χ1) is 16.7. The summed E-state index contributed by atoms with van der Waals surface area (Å²) in [5, 5.41) is 0. The van der Waals surface area contributed by atoms with Gasteiger partial charge in [-0.1, -0.05) is 89.5 Å². The third-order valence-corrected chi connectivity index (χ3v) is 9.75. The highest BCUT2D eigenvalue weighted by Gasteiger charge is 2.39. The fourth-order valence-corrected chi connectivity index (χ4v) is 6.88. The Morgan fingerprint density at radius 2 is 0.889 bits per heavy atom. The SMILES string of the molecule is CC1(C)CCC(C)(C)c2cc(N(c3cccc(Br)c3)c3ccc4c(c3)C(C)(C)CCC4(C)C)ccc21. The molecule has 190 valence electrons. The summed E-state index contributed by atoms with van der Waals surface area (Å²) in [6.45, 7) is 19.3. The molecule has 0 bridgehead atoms. The van der Waals surface area contributed by atoms with Crippen molar-refractivity contribution in [3.05, 3.63) is 87.4 Å². The molecule has 1 nitrogen and oxygen atoms in total. The topological polar surface area (TPSA) is 3.24 Å². The van der Waals surface area contributed by atoms with Crippen molar-refractivity contribution in [3.63, 3.8) is 0 Å². The zero-order valence-corrected chi connectivity index (χ0v) is 25.0. The minimum Gasteiger partial charge on any atom is -0.310 e. The molecule has 0 unspecified atom stereocenters. The summed E-state index contributed by atoms with van der Waals surface area (Å²) in [5.41, 5.74) is 10.4. The molecular formula is C34H42BrN. The van der Waals surface area contributed by atoms with Gasteiger partial charge in [0.25, 0.3) is 0 Å². The van der Waals surface area contributed by atoms with Gasteiger partial charge in [0.15, 0.2) is 0 Å². The monoisotopic (exact) mass is 543 g/mol. The van der Waals surface area contributed by atoms with Crippen LogP contribution in [0.1, 0.15) is 103 Å². The maximum Gasteiger partial charge on any atom is 0.0472 e. The van der Waals surface area contributed by atoms with Crippen LogP contribution >= 0.6 is 15.9 Å². The second-order valence-corrected chi connectivity index (χ2v) is 14.7. The van der Waals surface area contributed by atoms with Gasteiger partial charge in [-0.25, -0.2) is 0 Å². The van der Waals surface area contributed by atoms with Crippen molar-refractivity contribution in [1.82, 2.24) is 0 Å². The fourth-order valence-electron chi connectivity index (χ4n) is 6.49. The number of halogens is 1. The van der Waals surface area contributed by atoms with Crippen molar-refractivity contribution in [1.29, 1.82) is 0 Å². The molecule has 3 aromatic carbocycles. The summed E-state index contributed by atoms with van der Waals surface area (Å²) in [5.74, 6) is 0. The highest BCUT2D eigenvalue weighted by atomic mass is 79.9. The number of hydrogen-bond acceptors (Lipinski definition) is 1. The maximum absolute atomic E-state index is 3.74. The van der Waals surface area contributed by atoms with Crippen molar-refractivity contribution < 1.29 is 0 Å². The number of hydrogen-bond donors (Lipinski definition) is 0. The van der Waals surface area contributed by atoms with Crippen LogP contribution in [-0.4, -0.2) is 0 Å². The van der Waals surface area contributed by atoms with Crippen LogP contribution in [0, 0.1) is 0 Å². The number of benzene rings is 3. The zero-order valence-electron chi connectivity index (χ0n) is 23.4. The van der Waals surface area contributed by atoms with Crippen LogP contribution in [-0.2, 0) is 21.7 Å². The lowest BCUT2D eigenvalue weighted by Gasteiger charge is -2.43. The van der Waals surface area contributed by atoms with Gasteiger partial charge < -0.3 is 4.90 Å². The Kier molecular flexibility index (Phi) is 6.03. The lowest BCUT2D eigenvalue weighted by atomic mass is 9.63. The minimum absolute atomic E-state index is 0.172. The lowest BCUT2D eigenvalue weighted by molar-refractivity contribution is 0.332. The van der Waals surface area contributed by atoms with Gasteiger partial charge >= 0.3 is 0 Å². The molecule has 3 aromatic rings. The van der Waals surface area contributed by atoms with E-state index in [1.54, 1.807) is 0 Å². The van der Waals surface area contributed by atoms with Crippen molar-refractivity contribution in [2.45, 2.75) is 103 Å². The van der Waals surface area contributed by atoms with E-state index >= 15 is 0 Å². The highest BCUT2D eigenvalue weighted by molar-refractivity contribution is 9.10. The molecule has 0 aliphatic heterocycles. The van der Waals surface area contributed by atoms with Crippen LogP contribution in [0.3, 0.4) is 0 Å². The first-order valence-electron chi connectivity index (χ1n) is 13.6. The molecule has 0 spiro atoms. The van der Waals surface area contributed by atoms with Crippen LogP contribution in [0.2, 0.25) is 0 Å². The molecule has 2 aliphatic carbocycles. The van der Waals surface area contributed by atoms with Gasteiger partial charge in [0.1, 0.15) is 0 Å². The summed E-state index contributed by atoms with van der Waals surface area (Å²) in [6, 6.07) is 23.2. The van der Waals surface area contributed by atoms with Gasteiger partial charge in [0, 0.05) is 21.5 Å². The van der Waals surface area contributed by atoms with Crippen LogP contribution in [0.25, 0.3) is 0 Å². The number of rotatable bonds is 3. The van der Waals surface area contributed by atoms with Crippen molar-refractivity contribution in [2.24, 2.45) is 0 Å². The van der Waals surface area contributed by atoms with Crippen molar-refractivity contribution in [3.8, 4) is 0 Å². The summed E-state index contributed by atoms with van der Waals surface area (Å²) in [4.78, 5) is 2.46. The van der Waals surface area contributed by atoms with Crippen molar-refractivity contribution in [2.75, 3.05) is 4.90 Å². The molecule has 0 amide bonds. The summed E-state index contributed by atoms with van der Waals surface area (Å²) in [6.07, 6.45) is 4.90. The van der Waals surface area contributed by atoms with Crippen LogP contribution in [0.5, 0.6) is 0 Å². The molecule has 0 radical (unpaired) electrons. The molecule has 5 rings (SSSR count). The molecule has 0 fully saturated rings. The smallest absolute Gasteiger partial charge is 0.0472 e. The van der Waals surface area contributed by atoms with E-state index in [4.69, 9.17) is 0 Å². The molecule has 0 heterocycles. The number of fused-ring (bicyclic) bond motifs is 2. The van der Waals surface area contributed by atoms with E-state index in [1.807, 2.05) is 0 Å². The van der Waals surface area contributed by atoms with Gasteiger partial charge in [0.05, 0.1) is 0 Å². The Hall–Kier alpha value is -2.06. The lowest BCUT2D eigenvalue weighted by Crippen LogP contribution is -2.34. The Morgan fingerprint density at radius 3 is 1.31 bits per heavy atom. The minimum atomic E-state index is 0.172. The van der Waals surface area contributed by atoms with Gasteiger partial charge in [0.2, 0.25) is 0 Å². The fraction of sp³-hybridized carbons (Fsp3) is 0.471. The predicted molar refractivity (Wildman–Crippen MR) is 159 cm³/mol. The quantitative estimate of drug-likeness (QED) is 0.317. The molecule has 36 heavy (non-hydrogen) atoms. The predicted octanol–water partition coefficient (Wildman–Crippen LogP) is 10.6. The molecule has 0 atom stereocenters. The number of anilines is 3. The molecule has 2 aliphatic rings. The standard InChI is InChI=1S/C34H42BrN/c1-31(2)16-18-33(5,6)29-21-25(12-14-27(29)31)36(24-11-9-10-23(35)20-24)26-13-15-28-30(22-26)34(7,8)19-17-32(28,3)4/h9-15,20-22H,16-19H2,1-8H3. The van der Waals surface area contributed by atoms with Gasteiger partial charge in [-0.2, -0.15) is 0 Å². The molecule has 0 saturated heterocycles. The van der Waals surface area contributed by atoms with Crippen LogP contribution < -0.4 is 4.90 Å². The average molecular weight is 545 g/mol. The molecular weight excluding hydrogens is 502 g/mol. The van der Waals surface area contributed by atoms with Gasteiger partial charge in [-0.3, -0.25) is 0 Å². The van der Waals surface area contributed by atoms with E-state index < -0.39 is 0 Å².